The summed E-state index contributed by atoms with van der Waals surface area (Å²) >= 11 is 2.25. The molecule has 3 heteroatoms. The van der Waals surface area contributed by atoms with Crippen LogP contribution in [0.4, 0.5) is 0 Å². The van der Waals surface area contributed by atoms with E-state index in [2.05, 4.69) is 34.7 Å². The van der Waals surface area contributed by atoms with Gasteiger partial charge in [-0.25, -0.2) is 0 Å². The second-order valence-electron chi connectivity index (χ2n) is 2.50. The molecular weight excluding hydrogens is 265 g/mol. The summed E-state index contributed by atoms with van der Waals surface area (Å²) in [5.74, 6) is 0. The highest BCUT2D eigenvalue weighted by Gasteiger charge is 2.04. The van der Waals surface area contributed by atoms with E-state index < -0.39 is 0 Å². The Kier molecular flexibility index (Phi) is 1.96. The third kappa shape index (κ3) is 1.08. The Bertz CT molecular complexity index is 408. The van der Waals surface area contributed by atoms with Gasteiger partial charge in [-0.15, -0.1) is 0 Å². The van der Waals surface area contributed by atoms with Crippen LogP contribution in [-0.4, -0.2) is 11.8 Å². The maximum atomic E-state index is 5.21. The number of rotatable bonds is 1. The van der Waals surface area contributed by atoms with E-state index in [-0.39, 0.29) is 0 Å². The molecule has 0 fully saturated rings. The lowest BCUT2D eigenvalue weighted by atomic mass is 10.3. The van der Waals surface area contributed by atoms with Crippen molar-refractivity contribution in [2.75, 3.05) is 7.11 Å². The molecule has 12 heavy (non-hydrogen) atoms. The fourth-order valence-corrected chi connectivity index (χ4v) is 2.07. The largest absolute Gasteiger partial charge is 0.416 e. The Labute approximate surface area is 84.2 Å². The molecule has 0 aliphatic rings. The number of para-hydroxylation sites is 1. The normalized spacial score (nSPS) is 10.5. The summed E-state index contributed by atoms with van der Waals surface area (Å²) in [6.45, 7) is 0. The van der Waals surface area contributed by atoms with E-state index in [4.69, 9.17) is 4.84 Å². The summed E-state index contributed by atoms with van der Waals surface area (Å²) < 4.78 is 2.91. The molecule has 62 valence electrons. The molecule has 1 heterocycles. The van der Waals surface area contributed by atoms with Gasteiger partial charge in [-0.1, -0.05) is 18.2 Å². The van der Waals surface area contributed by atoms with Gasteiger partial charge in [0.05, 0.1) is 5.52 Å². The fraction of sp³-hybridized carbons (Fsp3) is 0.111. The molecular formula is C9H8INO. The van der Waals surface area contributed by atoms with Crippen LogP contribution in [0, 0.1) is 3.70 Å². The summed E-state index contributed by atoms with van der Waals surface area (Å²) in [6.07, 6.45) is 0. The number of halogens is 1. The molecule has 0 aliphatic carbocycles. The Hall–Kier alpha value is -0.710. The van der Waals surface area contributed by atoms with Crippen molar-refractivity contribution in [3.8, 4) is 0 Å². The first-order valence-corrected chi connectivity index (χ1v) is 4.71. The van der Waals surface area contributed by atoms with E-state index in [1.54, 1.807) is 7.11 Å². The van der Waals surface area contributed by atoms with Crippen molar-refractivity contribution in [2.45, 2.75) is 0 Å². The molecule has 0 spiro atoms. The molecule has 2 rings (SSSR count). The molecule has 2 nitrogen and oxygen atoms in total. The Morgan fingerprint density at radius 3 is 2.83 bits per heavy atom. The zero-order chi connectivity index (χ0) is 8.55. The number of aromatic nitrogens is 1. The monoisotopic (exact) mass is 273 g/mol. The van der Waals surface area contributed by atoms with Crippen molar-refractivity contribution in [1.82, 2.24) is 4.73 Å². The Morgan fingerprint density at radius 1 is 1.33 bits per heavy atom. The summed E-state index contributed by atoms with van der Waals surface area (Å²) in [7, 11) is 1.68. The second-order valence-corrected chi connectivity index (χ2v) is 3.61. The number of benzene rings is 1. The van der Waals surface area contributed by atoms with E-state index in [1.165, 1.54) is 5.39 Å². The standard InChI is InChI=1S/C9H8INO/c1-12-11-8-5-3-2-4-7(8)6-9(11)10/h2-6H,1H3. The van der Waals surface area contributed by atoms with E-state index in [9.17, 15) is 0 Å². The molecule has 0 bridgehead atoms. The minimum atomic E-state index is 1.09. The van der Waals surface area contributed by atoms with Crippen LogP contribution in [0.1, 0.15) is 0 Å². The number of hydrogen-bond acceptors (Lipinski definition) is 1. The average molecular weight is 273 g/mol. The van der Waals surface area contributed by atoms with Gasteiger partial charge < -0.3 is 4.84 Å². The maximum Gasteiger partial charge on any atom is 0.119 e. The number of fused-ring (bicyclic) bond motifs is 1. The van der Waals surface area contributed by atoms with Crippen molar-refractivity contribution in [2.24, 2.45) is 0 Å². The molecule has 2 aromatic rings. The highest BCUT2D eigenvalue weighted by Crippen LogP contribution is 2.19. The van der Waals surface area contributed by atoms with Gasteiger partial charge in [0.25, 0.3) is 0 Å². The minimum Gasteiger partial charge on any atom is -0.416 e. The van der Waals surface area contributed by atoms with Gasteiger partial charge in [0.1, 0.15) is 10.8 Å². The van der Waals surface area contributed by atoms with E-state index >= 15 is 0 Å². The molecule has 0 amide bonds. The van der Waals surface area contributed by atoms with Gasteiger partial charge in [-0.05, 0) is 34.7 Å². The summed E-state index contributed by atoms with van der Waals surface area (Å²) in [5, 5.41) is 1.21. The van der Waals surface area contributed by atoms with Gasteiger partial charge in [-0.2, -0.15) is 4.73 Å². The summed E-state index contributed by atoms with van der Waals surface area (Å²) in [4.78, 5) is 5.21. The quantitative estimate of drug-likeness (QED) is 0.727. The van der Waals surface area contributed by atoms with Gasteiger partial charge in [0.2, 0.25) is 0 Å². The Morgan fingerprint density at radius 2 is 2.08 bits per heavy atom. The zero-order valence-corrected chi connectivity index (χ0v) is 8.78. The molecule has 0 aliphatic heterocycles. The lowest BCUT2D eigenvalue weighted by Gasteiger charge is -2.02. The summed E-state index contributed by atoms with van der Waals surface area (Å²) in [6, 6.07) is 10.2. The molecule has 0 saturated heterocycles. The van der Waals surface area contributed by atoms with Crippen LogP contribution in [0.25, 0.3) is 10.9 Å². The van der Waals surface area contributed by atoms with Gasteiger partial charge in [0.15, 0.2) is 0 Å². The molecule has 0 unspecified atom stereocenters. The molecule has 0 atom stereocenters. The van der Waals surface area contributed by atoms with Crippen molar-refractivity contribution >= 4 is 33.5 Å². The SMILES string of the molecule is COn1c(I)cc2ccccc21. The van der Waals surface area contributed by atoms with Crippen LogP contribution in [0.2, 0.25) is 0 Å². The van der Waals surface area contributed by atoms with Crippen LogP contribution in [0.15, 0.2) is 30.3 Å². The predicted molar refractivity (Wildman–Crippen MR) is 57.2 cm³/mol. The van der Waals surface area contributed by atoms with Gasteiger partial charge in [0, 0.05) is 5.39 Å². The molecule has 1 aromatic carbocycles. The molecule has 1 aromatic heterocycles. The van der Waals surface area contributed by atoms with Crippen LogP contribution < -0.4 is 4.84 Å². The lowest BCUT2D eigenvalue weighted by Crippen LogP contribution is -2.06. The van der Waals surface area contributed by atoms with Crippen LogP contribution >= 0.6 is 22.6 Å². The molecule has 0 radical (unpaired) electrons. The predicted octanol–water partition coefficient (Wildman–Crippen LogP) is 2.30. The number of hydrogen-bond donors (Lipinski definition) is 0. The Balaban J connectivity index is 2.81. The van der Waals surface area contributed by atoms with E-state index in [1.807, 2.05) is 22.9 Å². The maximum absolute atomic E-state index is 5.21. The molecule has 0 N–H and O–H groups in total. The first-order chi connectivity index (χ1) is 5.83. The smallest absolute Gasteiger partial charge is 0.119 e. The van der Waals surface area contributed by atoms with Crippen LogP contribution in [0.5, 0.6) is 0 Å². The van der Waals surface area contributed by atoms with Crippen molar-refractivity contribution in [3.05, 3.63) is 34.0 Å². The van der Waals surface area contributed by atoms with Crippen molar-refractivity contribution in [1.29, 1.82) is 0 Å². The first-order valence-electron chi connectivity index (χ1n) is 3.63. The number of nitrogens with zero attached hydrogens (tertiary/aromatic N) is 1. The lowest BCUT2D eigenvalue weighted by molar-refractivity contribution is 0.173. The van der Waals surface area contributed by atoms with E-state index in [0.717, 1.165) is 9.22 Å². The average Bonchev–Trinajstić information content (AvgIpc) is 2.40. The topological polar surface area (TPSA) is 14.2 Å². The minimum absolute atomic E-state index is 1.09. The third-order valence-corrected chi connectivity index (χ3v) is 2.56. The highest BCUT2D eigenvalue weighted by atomic mass is 127. The van der Waals surface area contributed by atoms with Crippen LogP contribution in [-0.2, 0) is 0 Å². The van der Waals surface area contributed by atoms with E-state index in [0.29, 0.717) is 0 Å². The van der Waals surface area contributed by atoms with Crippen molar-refractivity contribution in [3.63, 3.8) is 0 Å². The van der Waals surface area contributed by atoms with Gasteiger partial charge in [-0.3, -0.25) is 0 Å². The summed E-state index contributed by atoms with van der Waals surface area (Å²) in [5.41, 5.74) is 1.12. The first kappa shape index (κ1) is 7.91. The highest BCUT2D eigenvalue weighted by molar-refractivity contribution is 14.1. The van der Waals surface area contributed by atoms with Crippen LogP contribution in [0.3, 0.4) is 0 Å². The zero-order valence-electron chi connectivity index (χ0n) is 6.62. The van der Waals surface area contributed by atoms with Crippen molar-refractivity contribution < 1.29 is 4.84 Å². The van der Waals surface area contributed by atoms with Gasteiger partial charge >= 0.3 is 0 Å². The molecule has 0 saturated carbocycles. The third-order valence-electron chi connectivity index (χ3n) is 1.81. The second kappa shape index (κ2) is 2.97. The fourth-order valence-electron chi connectivity index (χ4n) is 1.28.